The Morgan fingerprint density at radius 3 is 2.61 bits per heavy atom. The lowest BCUT2D eigenvalue weighted by molar-refractivity contribution is 0.0939. The molecule has 1 amide bonds. The molecule has 1 aliphatic carbocycles. The maximum Gasteiger partial charge on any atom is 0.252 e. The van der Waals surface area contributed by atoms with Crippen LogP contribution in [0.25, 0.3) is 0 Å². The van der Waals surface area contributed by atoms with E-state index in [2.05, 4.69) is 51.0 Å². The van der Waals surface area contributed by atoms with E-state index >= 15 is 0 Å². The third kappa shape index (κ3) is 2.97. The summed E-state index contributed by atoms with van der Waals surface area (Å²) in [6.07, 6.45) is 2.45. The summed E-state index contributed by atoms with van der Waals surface area (Å²) in [6.45, 7) is 5.24. The fraction of sp³-hybridized carbons (Fsp3) is 0.500. The van der Waals surface area contributed by atoms with Crippen molar-refractivity contribution in [2.24, 2.45) is 11.3 Å². The smallest absolute Gasteiger partial charge is 0.252 e. The molecule has 18 heavy (non-hydrogen) atoms. The van der Waals surface area contributed by atoms with Crippen LogP contribution in [0.15, 0.2) is 27.1 Å². The van der Waals surface area contributed by atoms with Crippen molar-refractivity contribution >= 4 is 37.8 Å². The van der Waals surface area contributed by atoms with E-state index in [9.17, 15) is 4.79 Å². The molecule has 4 heteroatoms. The fourth-order valence-corrected chi connectivity index (χ4v) is 2.93. The molecule has 1 aromatic carbocycles. The summed E-state index contributed by atoms with van der Waals surface area (Å²) in [5.74, 6) is 0.624. The lowest BCUT2D eigenvalue weighted by atomic mass is 9.92. The summed E-state index contributed by atoms with van der Waals surface area (Å²) in [4.78, 5) is 12.2. The summed E-state index contributed by atoms with van der Waals surface area (Å²) in [7, 11) is 0. The molecule has 0 spiro atoms. The summed E-state index contributed by atoms with van der Waals surface area (Å²) in [6, 6.07) is 5.64. The monoisotopic (exact) mass is 373 g/mol. The average Bonchev–Trinajstić information content (AvgIpc) is 3.10. The first kappa shape index (κ1) is 14.1. The predicted octanol–water partition coefficient (Wildman–Crippen LogP) is 4.38. The van der Waals surface area contributed by atoms with Gasteiger partial charge in [0.1, 0.15) is 0 Å². The van der Waals surface area contributed by atoms with Crippen molar-refractivity contribution in [3.8, 4) is 0 Å². The minimum absolute atomic E-state index is 0.00454. The van der Waals surface area contributed by atoms with Crippen LogP contribution in [0.2, 0.25) is 0 Å². The van der Waals surface area contributed by atoms with Crippen LogP contribution in [0.1, 0.15) is 37.0 Å². The van der Waals surface area contributed by atoms with Crippen molar-refractivity contribution in [3.05, 3.63) is 32.7 Å². The van der Waals surface area contributed by atoms with Crippen molar-refractivity contribution in [2.75, 3.05) is 6.54 Å². The largest absolute Gasteiger partial charge is 0.351 e. The van der Waals surface area contributed by atoms with Gasteiger partial charge in [0.15, 0.2) is 0 Å². The Balaban J connectivity index is 2.02. The highest BCUT2D eigenvalue weighted by molar-refractivity contribution is 9.11. The van der Waals surface area contributed by atoms with Gasteiger partial charge < -0.3 is 5.32 Å². The van der Waals surface area contributed by atoms with E-state index in [1.54, 1.807) is 0 Å². The second-order valence-corrected chi connectivity index (χ2v) is 7.09. The van der Waals surface area contributed by atoms with Crippen LogP contribution in [-0.4, -0.2) is 12.5 Å². The molecule has 98 valence electrons. The lowest BCUT2D eigenvalue weighted by Crippen LogP contribution is -2.32. The van der Waals surface area contributed by atoms with E-state index in [1.807, 2.05) is 18.2 Å². The Hall–Kier alpha value is -0.350. The molecular weight excluding hydrogens is 358 g/mol. The molecule has 0 saturated heterocycles. The molecule has 1 N–H and O–H groups in total. The second-order valence-electron chi connectivity index (χ2n) is 5.32. The van der Waals surface area contributed by atoms with Crippen LogP contribution in [0.4, 0.5) is 0 Å². The van der Waals surface area contributed by atoms with E-state index in [0.29, 0.717) is 16.9 Å². The molecule has 0 aromatic heterocycles. The first-order chi connectivity index (χ1) is 8.44. The minimum atomic E-state index is -0.00454. The maximum absolute atomic E-state index is 12.2. The Morgan fingerprint density at radius 2 is 2.06 bits per heavy atom. The van der Waals surface area contributed by atoms with E-state index in [-0.39, 0.29) is 5.91 Å². The van der Waals surface area contributed by atoms with Crippen LogP contribution in [0.5, 0.6) is 0 Å². The van der Waals surface area contributed by atoms with Crippen molar-refractivity contribution < 1.29 is 4.79 Å². The number of benzene rings is 1. The van der Waals surface area contributed by atoms with Gasteiger partial charge in [0, 0.05) is 15.5 Å². The Labute approximate surface area is 125 Å². The number of amides is 1. The van der Waals surface area contributed by atoms with Gasteiger partial charge >= 0.3 is 0 Å². The van der Waals surface area contributed by atoms with E-state index in [4.69, 9.17) is 0 Å². The first-order valence-electron chi connectivity index (χ1n) is 6.18. The quantitative estimate of drug-likeness (QED) is 0.832. The fourth-order valence-electron chi connectivity index (χ4n) is 2.14. The van der Waals surface area contributed by atoms with Crippen molar-refractivity contribution in [2.45, 2.75) is 26.7 Å². The molecule has 0 radical (unpaired) electrons. The molecule has 2 rings (SSSR count). The molecule has 2 nitrogen and oxygen atoms in total. The van der Waals surface area contributed by atoms with E-state index in [0.717, 1.165) is 15.5 Å². The second kappa shape index (κ2) is 5.33. The summed E-state index contributed by atoms with van der Waals surface area (Å²) in [5, 5.41) is 3.06. The molecule has 0 unspecified atom stereocenters. The van der Waals surface area contributed by atoms with Crippen molar-refractivity contribution in [3.63, 3.8) is 0 Å². The van der Waals surface area contributed by atoms with Crippen molar-refractivity contribution in [1.29, 1.82) is 0 Å². The van der Waals surface area contributed by atoms with Gasteiger partial charge in [-0.05, 0) is 58.3 Å². The molecule has 0 aliphatic heterocycles. The van der Waals surface area contributed by atoms with Crippen LogP contribution < -0.4 is 5.32 Å². The van der Waals surface area contributed by atoms with Gasteiger partial charge in [-0.25, -0.2) is 0 Å². The standard InChI is InChI=1S/C14H17Br2NO/c1-9(2)14(5-6-14)8-17-13(18)11-7-10(15)3-4-12(11)16/h3-4,7,9H,5-6,8H2,1-2H3,(H,17,18). The number of rotatable bonds is 4. The number of hydrogen-bond donors (Lipinski definition) is 1. The zero-order valence-corrected chi connectivity index (χ0v) is 13.8. The van der Waals surface area contributed by atoms with Gasteiger partial charge in [-0.1, -0.05) is 29.8 Å². The first-order valence-corrected chi connectivity index (χ1v) is 7.76. The van der Waals surface area contributed by atoms with Gasteiger partial charge in [0.25, 0.3) is 5.91 Å². The zero-order valence-electron chi connectivity index (χ0n) is 10.6. The van der Waals surface area contributed by atoms with Crippen LogP contribution in [0.3, 0.4) is 0 Å². The highest BCUT2D eigenvalue weighted by atomic mass is 79.9. The van der Waals surface area contributed by atoms with Crippen LogP contribution in [0, 0.1) is 11.3 Å². The summed E-state index contributed by atoms with van der Waals surface area (Å²) < 4.78 is 1.75. The average molecular weight is 375 g/mol. The number of halogens is 2. The third-order valence-corrected chi connectivity index (χ3v) is 5.08. The molecule has 1 aliphatic rings. The normalized spacial score (nSPS) is 16.7. The SMILES string of the molecule is CC(C)C1(CNC(=O)c2cc(Br)ccc2Br)CC1. The number of carbonyl (C=O) groups is 1. The number of carbonyl (C=O) groups excluding carboxylic acids is 1. The Bertz CT molecular complexity index is 467. The van der Waals surface area contributed by atoms with Gasteiger partial charge in [0.2, 0.25) is 0 Å². The molecule has 1 aromatic rings. The number of hydrogen-bond acceptors (Lipinski definition) is 1. The topological polar surface area (TPSA) is 29.1 Å². The Kier molecular flexibility index (Phi) is 4.17. The number of nitrogens with one attached hydrogen (secondary N) is 1. The molecule has 0 atom stereocenters. The van der Waals surface area contributed by atoms with E-state index < -0.39 is 0 Å². The predicted molar refractivity (Wildman–Crippen MR) is 80.7 cm³/mol. The summed E-state index contributed by atoms with van der Waals surface area (Å²) >= 11 is 6.80. The van der Waals surface area contributed by atoms with Gasteiger partial charge in [-0.3, -0.25) is 4.79 Å². The van der Waals surface area contributed by atoms with E-state index in [1.165, 1.54) is 12.8 Å². The molecular formula is C14H17Br2NO. The van der Waals surface area contributed by atoms with Gasteiger partial charge in [-0.15, -0.1) is 0 Å². The lowest BCUT2D eigenvalue weighted by Gasteiger charge is -2.20. The highest BCUT2D eigenvalue weighted by Gasteiger charge is 2.45. The summed E-state index contributed by atoms with van der Waals surface area (Å²) in [5.41, 5.74) is 1.03. The molecule has 1 saturated carbocycles. The minimum Gasteiger partial charge on any atom is -0.351 e. The van der Waals surface area contributed by atoms with Gasteiger partial charge in [-0.2, -0.15) is 0 Å². The molecule has 0 bridgehead atoms. The third-order valence-electron chi connectivity index (χ3n) is 3.89. The molecule has 1 fully saturated rings. The zero-order chi connectivity index (χ0) is 13.3. The van der Waals surface area contributed by atoms with Crippen LogP contribution >= 0.6 is 31.9 Å². The maximum atomic E-state index is 12.2. The van der Waals surface area contributed by atoms with Crippen molar-refractivity contribution in [1.82, 2.24) is 5.32 Å². The Morgan fingerprint density at radius 1 is 1.39 bits per heavy atom. The highest BCUT2D eigenvalue weighted by Crippen LogP contribution is 2.51. The van der Waals surface area contributed by atoms with Crippen LogP contribution in [-0.2, 0) is 0 Å². The van der Waals surface area contributed by atoms with Gasteiger partial charge in [0.05, 0.1) is 5.56 Å². The molecule has 0 heterocycles.